The first-order chi connectivity index (χ1) is 7.86. The molecule has 0 radical (unpaired) electrons. The quantitative estimate of drug-likeness (QED) is 0.766. The molecule has 3 nitrogen and oxygen atoms in total. The van der Waals surface area contributed by atoms with Crippen LogP contribution in [-0.4, -0.2) is 25.5 Å². The lowest BCUT2D eigenvalue weighted by Crippen LogP contribution is -2.40. The molecule has 1 aliphatic carbocycles. The Morgan fingerprint density at radius 2 is 1.94 bits per heavy atom. The minimum atomic E-state index is 0.310. The smallest absolute Gasteiger partial charge is 0.223 e. The summed E-state index contributed by atoms with van der Waals surface area (Å²) in [6, 6.07) is 0. The summed E-state index contributed by atoms with van der Waals surface area (Å²) >= 11 is 0. The van der Waals surface area contributed by atoms with Crippen molar-refractivity contribution in [3.8, 4) is 0 Å². The third-order valence-corrected chi connectivity index (χ3v) is 3.94. The molecule has 16 heavy (non-hydrogen) atoms. The van der Waals surface area contributed by atoms with Crippen molar-refractivity contribution in [2.45, 2.75) is 44.9 Å². The molecular formula is C13H24N2O. The molecular weight excluding hydrogens is 200 g/mol. The number of carbonyl (C=O) groups is 1. The number of amides is 1. The molecule has 0 aromatic rings. The molecule has 1 unspecified atom stereocenters. The van der Waals surface area contributed by atoms with Gasteiger partial charge in [-0.05, 0) is 44.7 Å². The Morgan fingerprint density at radius 1 is 1.12 bits per heavy atom. The van der Waals surface area contributed by atoms with E-state index in [0.29, 0.717) is 17.7 Å². The molecule has 0 aromatic carbocycles. The maximum atomic E-state index is 11.9. The van der Waals surface area contributed by atoms with Gasteiger partial charge < -0.3 is 10.6 Å². The number of hydrogen-bond donors (Lipinski definition) is 2. The summed E-state index contributed by atoms with van der Waals surface area (Å²) in [6.45, 7) is 3.10. The minimum absolute atomic E-state index is 0.310. The van der Waals surface area contributed by atoms with Gasteiger partial charge in [-0.3, -0.25) is 4.79 Å². The van der Waals surface area contributed by atoms with Crippen LogP contribution in [0, 0.1) is 11.8 Å². The van der Waals surface area contributed by atoms with Gasteiger partial charge in [0.05, 0.1) is 0 Å². The van der Waals surface area contributed by atoms with Crippen LogP contribution < -0.4 is 10.6 Å². The molecule has 1 saturated carbocycles. The van der Waals surface area contributed by atoms with E-state index in [1.54, 1.807) is 0 Å². The van der Waals surface area contributed by atoms with Crippen molar-refractivity contribution in [1.29, 1.82) is 0 Å². The average Bonchev–Trinajstić information content (AvgIpc) is 2.38. The van der Waals surface area contributed by atoms with Gasteiger partial charge in [0, 0.05) is 12.5 Å². The third-order valence-electron chi connectivity index (χ3n) is 3.94. The van der Waals surface area contributed by atoms with Crippen molar-refractivity contribution in [3.05, 3.63) is 0 Å². The highest BCUT2D eigenvalue weighted by Gasteiger charge is 2.22. The first-order valence-corrected chi connectivity index (χ1v) is 6.84. The maximum absolute atomic E-state index is 11.9. The van der Waals surface area contributed by atoms with Crippen LogP contribution in [0.3, 0.4) is 0 Å². The van der Waals surface area contributed by atoms with Gasteiger partial charge in [-0.1, -0.05) is 19.3 Å². The van der Waals surface area contributed by atoms with Gasteiger partial charge in [-0.15, -0.1) is 0 Å². The molecule has 0 bridgehead atoms. The van der Waals surface area contributed by atoms with Gasteiger partial charge in [-0.2, -0.15) is 0 Å². The predicted molar refractivity (Wildman–Crippen MR) is 65.2 cm³/mol. The number of carbonyl (C=O) groups excluding carboxylic acids is 1. The molecule has 0 aromatic heterocycles. The van der Waals surface area contributed by atoms with Gasteiger partial charge in [0.15, 0.2) is 0 Å². The zero-order valence-corrected chi connectivity index (χ0v) is 10.1. The van der Waals surface area contributed by atoms with Gasteiger partial charge >= 0.3 is 0 Å². The number of nitrogens with one attached hydrogen (secondary N) is 2. The van der Waals surface area contributed by atoms with E-state index in [9.17, 15) is 4.79 Å². The fraction of sp³-hybridized carbons (Fsp3) is 0.923. The van der Waals surface area contributed by atoms with E-state index in [4.69, 9.17) is 0 Å². The van der Waals surface area contributed by atoms with Crippen molar-refractivity contribution in [1.82, 2.24) is 10.6 Å². The van der Waals surface area contributed by atoms with E-state index in [1.807, 2.05) is 0 Å². The van der Waals surface area contributed by atoms with E-state index >= 15 is 0 Å². The fourth-order valence-electron chi connectivity index (χ4n) is 2.85. The van der Waals surface area contributed by atoms with E-state index in [0.717, 1.165) is 32.5 Å². The van der Waals surface area contributed by atoms with Crippen LogP contribution in [0.2, 0.25) is 0 Å². The Bertz CT molecular complexity index is 218. The second-order valence-electron chi connectivity index (χ2n) is 5.29. The van der Waals surface area contributed by atoms with E-state index in [1.165, 1.54) is 32.1 Å². The van der Waals surface area contributed by atoms with Crippen LogP contribution in [0.15, 0.2) is 0 Å². The molecule has 2 rings (SSSR count). The molecule has 2 aliphatic rings. The molecule has 1 heterocycles. The largest absolute Gasteiger partial charge is 0.356 e. The normalized spacial score (nSPS) is 27.6. The topological polar surface area (TPSA) is 41.1 Å². The zero-order chi connectivity index (χ0) is 11.2. The van der Waals surface area contributed by atoms with Crippen molar-refractivity contribution >= 4 is 5.91 Å². The number of piperidine rings is 1. The average molecular weight is 224 g/mol. The van der Waals surface area contributed by atoms with Crippen molar-refractivity contribution in [2.24, 2.45) is 11.8 Å². The summed E-state index contributed by atoms with van der Waals surface area (Å²) in [4.78, 5) is 11.9. The second kappa shape index (κ2) is 6.24. The SMILES string of the molecule is O=C(NCC1CCCNC1)C1CCCCC1. The molecule has 3 heteroatoms. The molecule has 1 saturated heterocycles. The molecule has 92 valence electrons. The third kappa shape index (κ3) is 3.48. The van der Waals surface area contributed by atoms with Crippen molar-refractivity contribution in [3.63, 3.8) is 0 Å². The minimum Gasteiger partial charge on any atom is -0.356 e. The van der Waals surface area contributed by atoms with Crippen LogP contribution in [0.1, 0.15) is 44.9 Å². The highest BCUT2D eigenvalue weighted by molar-refractivity contribution is 5.78. The van der Waals surface area contributed by atoms with Gasteiger partial charge in [0.2, 0.25) is 5.91 Å². The molecule has 1 aliphatic heterocycles. The van der Waals surface area contributed by atoms with Crippen LogP contribution in [0.25, 0.3) is 0 Å². The monoisotopic (exact) mass is 224 g/mol. The van der Waals surface area contributed by atoms with Crippen LogP contribution >= 0.6 is 0 Å². The summed E-state index contributed by atoms with van der Waals surface area (Å²) in [6.07, 6.45) is 8.52. The number of hydrogen-bond acceptors (Lipinski definition) is 2. The van der Waals surface area contributed by atoms with Crippen LogP contribution in [0.5, 0.6) is 0 Å². The standard InChI is InChI=1S/C13H24N2O/c16-13(12-6-2-1-3-7-12)15-10-11-5-4-8-14-9-11/h11-12,14H,1-10H2,(H,15,16). The Kier molecular flexibility index (Phi) is 4.64. The maximum Gasteiger partial charge on any atom is 0.223 e. The highest BCUT2D eigenvalue weighted by Crippen LogP contribution is 2.23. The summed E-state index contributed by atoms with van der Waals surface area (Å²) in [5, 5.41) is 6.53. The van der Waals surface area contributed by atoms with Crippen LogP contribution in [0.4, 0.5) is 0 Å². The molecule has 2 N–H and O–H groups in total. The molecule has 2 fully saturated rings. The van der Waals surface area contributed by atoms with E-state index < -0.39 is 0 Å². The van der Waals surface area contributed by atoms with E-state index in [2.05, 4.69) is 10.6 Å². The second-order valence-corrected chi connectivity index (χ2v) is 5.29. The van der Waals surface area contributed by atoms with Crippen LogP contribution in [-0.2, 0) is 4.79 Å². The van der Waals surface area contributed by atoms with Gasteiger partial charge in [0.1, 0.15) is 0 Å². The molecule has 0 spiro atoms. The molecule has 1 amide bonds. The lowest BCUT2D eigenvalue weighted by atomic mass is 9.88. The lowest BCUT2D eigenvalue weighted by molar-refractivity contribution is -0.126. The summed E-state index contributed by atoms with van der Waals surface area (Å²) < 4.78 is 0. The first kappa shape index (κ1) is 11.9. The summed E-state index contributed by atoms with van der Waals surface area (Å²) in [7, 11) is 0. The summed E-state index contributed by atoms with van der Waals surface area (Å²) in [5.41, 5.74) is 0. The highest BCUT2D eigenvalue weighted by atomic mass is 16.1. The molecule has 1 atom stereocenters. The van der Waals surface area contributed by atoms with Gasteiger partial charge in [0.25, 0.3) is 0 Å². The Balaban J connectivity index is 1.65. The Labute approximate surface area is 98.4 Å². The fourth-order valence-corrected chi connectivity index (χ4v) is 2.85. The van der Waals surface area contributed by atoms with E-state index in [-0.39, 0.29) is 0 Å². The van der Waals surface area contributed by atoms with Crippen molar-refractivity contribution in [2.75, 3.05) is 19.6 Å². The Morgan fingerprint density at radius 3 is 2.62 bits per heavy atom. The van der Waals surface area contributed by atoms with Crippen molar-refractivity contribution < 1.29 is 4.79 Å². The van der Waals surface area contributed by atoms with Gasteiger partial charge in [-0.25, -0.2) is 0 Å². The summed E-state index contributed by atoms with van der Waals surface area (Å²) in [5.74, 6) is 1.27. The predicted octanol–water partition coefficient (Wildman–Crippen LogP) is 1.68. The lowest BCUT2D eigenvalue weighted by Gasteiger charge is -2.25. The Hall–Kier alpha value is -0.570. The number of rotatable bonds is 3. The zero-order valence-electron chi connectivity index (χ0n) is 10.1. The first-order valence-electron chi connectivity index (χ1n) is 6.84.